The molecule has 21 heavy (non-hydrogen) atoms. The first-order chi connectivity index (χ1) is 10.3. The molecule has 0 saturated carbocycles. The summed E-state index contributed by atoms with van der Waals surface area (Å²) in [6, 6.07) is 15.9. The predicted octanol–water partition coefficient (Wildman–Crippen LogP) is 3.75. The minimum atomic E-state index is -0.132. The van der Waals surface area contributed by atoms with Gasteiger partial charge in [-0.3, -0.25) is 4.79 Å². The zero-order valence-electron chi connectivity index (χ0n) is 12.1. The highest BCUT2D eigenvalue weighted by Crippen LogP contribution is 2.36. The molecule has 3 rings (SSSR count). The van der Waals surface area contributed by atoms with E-state index < -0.39 is 0 Å². The molecule has 0 fully saturated rings. The number of hydrogen-bond donors (Lipinski definition) is 1. The second-order valence-electron chi connectivity index (χ2n) is 5.29. The Kier molecular flexibility index (Phi) is 3.91. The number of anilines is 1. The number of ether oxygens (including phenoxy) is 1. The number of para-hydroxylation sites is 2. The second kappa shape index (κ2) is 6.00. The van der Waals surface area contributed by atoms with Gasteiger partial charge in [0.2, 0.25) is 5.91 Å². The van der Waals surface area contributed by atoms with Gasteiger partial charge in [-0.2, -0.15) is 0 Å². The van der Waals surface area contributed by atoms with E-state index in [9.17, 15) is 4.79 Å². The van der Waals surface area contributed by atoms with Gasteiger partial charge in [0.15, 0.2) is 0 Å². The fraction of sp³-hybridized carbons (Fsp3) is 0.278. The van der Waals surface area contributed by atoms with Gasteiger partial charge in [0.05, 0.1) is 12.5 Å². The van der Waals surface area contributed by atoms with Crippen molar-refractivity contribution in [3.05, 3.63) is 59.7 Å². The monoisotopic (exact) mass is 281 g/mol. The number of fused-ring (bicyclic) bond motifs is 1. The topological polar surface area (TPSA) is 38.3 Å². The molecular weight excluding hydrogens is 262 g/mol. The molecule has 0 unspecified atom stereocenters. The van der Waals surface area contributed by atoms with Gasteiger partial charge in [0.1, 0.15) is 5.75 Å². The molecule has 2 aromatic rings. The highest BCUT2D eigenvalue weighted by Gasteiger charge is 2.30. The second-order valence-corrected chi connectivity index (χ2v) is 5.29. The molecular formula is C18H19NO2. The summed E-state index contributed by atoms with van der Waals surface area (Å²) in [7, 11) is 0. The third-order valence-corrected chi connectivity index (χ3v) is 3.77. The Hall–Kier alpha value is -2.29. The summed E-state index contributed by atoms with van der Waals surface area (Å²) >= 11 is 0. The molecule has 1 atom stereocenters. The Morgan fingerprint density at radius 3 is 2.71 bits per heavy atom. The summed E-state index contributed by atoms with van der Waals surface area (Å²) in [5.41, 5.74) is 3.09. The Labute approximate surface area is 124 Å². The molecule has 0 aromatic heterocycles. The van der Waals surface area contributed by atoms with E-state index in [1.807, 2.05) is 48.5 Å². The number of nitrogens with one attached hydrogen (secondary N) is 1. The van der Waals surface area contributed by atoms with Crippen LogP contribution in [-0.4, -0.2) is 12.5 Å². The number of carbonyl (C=O) groups is 1. The lowest BCUT2D eigenvalue weighted by Gasteiger charge is -2.14. The molecule has 2 aromatic carbocycles. The molecule has 1 aliphatic heterocycles. The Balaban J connectivity index is 1.86. The van der Waals surface area contributed by atoms with Gasteiger partial charge in [0.25, 0.3) is 0 Å². The van der Waals surface area contributed by atoms with Crippen LogP contribution in [-0.2, 0) is 11.2 Å². The highest BCUT2D eigenvalue weighted by molar-refractivity contribution is 6.03. The van der Waals surface area contributed by atoms with Gasteiger partial charge in [-0.1, -0.05) is 43.3 Å². The van der Waals surface area contributed by atoms with Crippen LogP contribution in [0.3, 0.4) is 0 Å². The summed E-state index contributed by atoms with van der Waals surface area (Å²) in [5.74, 6) is 0.825. The van der Waals surface area contributed by atoms with E-state index >= 15 is 0 Å². The minimum absolute atomic E-state index is 0.0708. The first kappa shape index (κ1) is 13.7. The van der Waals surface area contributed by atoms with Crippen LogP contribution in [0.2, 0.25) is 0 Å². The number of amides is 1. The number of carbonyl (C=O) groups excluding carboxylic acids is 1. The van der Waals surface area contributed by atoms with Crippen molar-refractivity contribution >= 4 is 11.6 Å². The molecule has 1 heterocycles. The van der Waals surface area contributed by atoms with Gasteiger partial charge < -0.3 is 10.1 Å². The van der Waals surface area contributed by atoms with Crippen molar-refractivity contribution in [3.8, 4) is 5.75 Å². The Bertz CT molecular complexity index is 651. The normalized spacial score (nSPS) is 16.4. The lowest BCUT2D eigenvalue weighted by molar-refractivity contribution is -0.117. The van der Waals surface area contributed by atoms with Crippen molar-refractivity contribution < 1.29 is 9.53 Å². The van der Waals surface area contributed by atoms with Crippen LogP contribution in [0, 0.1) is 0 Å². The summed E-state index contributed by atoms with van der Waals surface area (Å²) in [4.78, 5) is 12.2. The van der Waals surface area contributed by atoms with Crippen molar-refractivity contribution in [2.75, 3.05) is 11.9 Å². The zero-order chi connectivity index (χ0) is 14.7. The van der Waals surface area contributed by atoms with Crippen molar-refractivity contribution in [3.63, 3.8) is 0 Å². The Morgan fingerprint density at radius 2 is 1.86 bits per heavy atom. The van der Waals surface area contributed by atoms with Gasteiger partial charge in [-0.15, -0.1) is 0 Å². The molecule has 1 N–H and O–H groups in total. The first-order valence-corrected chi connectivity index (χ1v) is 7.40. The molecule has 3 nitrogen and oxygen atoms in total. The van der Waals surface area contributed by atoms with Crippen molar-refractivity contribution in [1.82, 2.24) is 0 Å². The maximum Gasteiger partial charge on any atom is 0.232 e. The molecule has 0 bridgehead atoms. The van der Waals surface area contributed by atoms with Crippen LogP contribution >= 0.6 is 0 Å². The zero-order valence-corrected chi connectivity index (χ0v) is 12.1. The summed E-state index contributed by atoms with van der Waals surface area (Å²) in [6.07, 6.45) is 1.64. The van der Waals surface area contributed by atoms with Gasteiger partial charge in [0, 0.05) is 5.69 Å². The number of benzene rings is 2. The van der Waals surface area contributed by atoms with E-state index in [4.69, 9.17) is 4.74 Å². The van der Waals surface area contributed by atoms with Crippen LogP contribution in [0.15, 0.2) is 48.5 Å². The fourth-order valence-electron chi connectivity index (χ4n) is 2.72. The van der Waals surface area contributed by atoms with E-state index in [-0.39, 0.29) is 11.8 Å². The van der Waals surface area contributed by atoms with Crippen LogP contribution in [0.1, 0.15) is 30.4 Å². The van der Waals surface area contributed by atoms with Crippen molar-refractivity contribution in [1.29, 1.82) is 0 Å². The van der Waals surface area contributed by atoms with E-state index in [1.54, 1.807) is 0 Å². The van der Waals surface area contributed by atoms with E-state index in [0.29, 0.717) is 13.0 Å². The number of rotatable bonds is 5. The van der Waals surface area contributed by atoms with E-state index in [1.165, 1.54) is 0 Å². The summed E-state index contributed by atoms with van der Waals surface area (Å²) in [6.45, 7) is 2.79. The lowest BCUT2D eigenvalue weighted by Crippen LogP contribution is -2.14. The minimum Gasteiger partial charge on any atom is -0.493 e. The largest absolute Gasteiger partial charge is 0.493 e. The summed E-state index contributed by atoms with van der Waals surface area (Å²) in [5, 5.41) is 2.95. The Morgan fingerprint density at radius 1 is 1.10 bits per heavy atom. The molecule has 3 heteroatoms. The van der Waals surface area contributed by atoms with Crippen LogP contribution in [0.4, 0.5) is 5.69 Å². The quantitative estimate of drug-likeness (QED) is 0.906. The summed E-state index contributed by atoms with van der Waals surface area (Å²) < 4.78 is 5.79. The molecule has 0 aliphatic carbocycles. The van der Waals surface area contributed by atoms with Crippen LogP contribution in [0.5, 0.6) is 5.75 Å². The van der Waals surface area contributed by atoms with Gasteiger partial charge in [-0.05, 0) is 36.1 Å². The number of hydrogen-bond acceptors (Lipinski definition) is 2. The molecule has 1 aliphatic rings. The maximum atomic E-state index is 12.2. The third-order valence-electron chi connectivity index (χ3n) is 3.77. The highest BCUT2D eigenvalue weighted by atomic mass is 16.5. The average Bonchev–Trinajstić information content (AvgIpc) is 2.82. The lowest BCUT2D eigenvalue weighted by atomic mass is 9.93. The molecule has 0 saturated heterocycles. The predicted molar refractivity (Wildman–Crippen MR) is 83.7 cm³/mol. The van der Waals surface area contributed by atoms with Gasteiger partial charge in [-0.25, -0.2) is 0 Å². The molecule has 108 valence electrons. The maximum absolute atomic E-state index is 12.2. The van der Waals surface area contributed by atoms with Crippen LogP contribution < -0.4 is 10.1 Å². The molecule has 1 amide bonds. The first-order valence-electron chi connectivity index (χ1n) is 7.40. The van der Waals surface area contributed by atoms with E-state index in [0.717, 1.165) is 29.0 Å². The molecule has 0 radical (unpaired) electrons. The van der Waals surface area contributed by atoms with E-state index in [2.05, 4.69) is 12.2 Å². The van der Waals surface area contributed by atoms with Crippen LogP contribution in [0.25, 0.3) is 0 Å². The SMILES string of the molecule is CCCOc1ccccc1C[C@@H]1C(=O)Nc2ccccc21. The average molecular weight is 281 g/mol. The fourth-order valence-corrected chi connectivity index (χ4v) is 2.72. The van der Waals surface area contributed by atoms with Gasteiger partial charge >= 0.3 is 0 Å². The molecule has 0 spiro atoms. The van der Waals surface area contributed by atoms with Crippen molar-refractivity contribution in [2.45, 2.75) is 25.7 Å². The third kappa shape index (κ3) is 2.77. The smallest absolute Gasteiger partial charge is 0.232 e. The standard InChI is InChI=1S/C18H19NO2/c1-2-11-21-17-10-6-3-7-13(17)12-15-14-8-4-5-9-16(14)19-18(15)20/h3-10,15H,2,11-12H2,1H3,(H,19,20)/t15-/m0/s1. The van der Waals surface area contributed by atoms with Crippen molar-refractivity contribution in [2.24, 2.45) is 0 Å².